The molecular weight excluding hydrogens is 210 g/mol. The Morgan fingerprint density at radius 2 is 2.06 bits per heavy atom. The summed E-state index contributed by atoms with van der Waals surface area (Å²) in [5.74, 6) is 0.112. The number of benzene rings is 1. The van der Waals surface area contributed by atoms with Gasteiger partial charge in [-0.15, -0.1) is 13.2 Å². The normalized spacial score (nSPS) is 18.7. The topological polar surface area (TPSA) is 20.3 Å². The molecule has 0 radical (unpaired) electrons. The van der Waals surface area contributed by atoms with Gasteiger partial charge in [0.05, 0.1) is 5.92 Å². The summed E-state index contributed by atoms with van der Waals surface area (Å²) in [6.45, 7) is 8.75. The molecule has 1 amide bonds. The van der Waals surface area contributed by atoms with Crippen molar-refractivity contribution in [1.82, 2.24) is 4.90 Å². The maximum Gasteiger partial charge on any atom is 0.231 e. The molecule has 1 aromatic rings. The molecular formula is C15H17NO. The van der Waals surface area contributed by atoms with E-state index < -0.39 is 0 Å². The molecule has 0 N–H and O–H groups in total. The van der Waals surface area contributed by atoms with Crippen molar-refractivity contribution in [2.75, 3.05) is 6.54 Å². The van der Waals surface area contributed by atoms with Gasteiger partial charge in [-0.2, -0.15) is 0 Å². The first kappa shape index (κ1) is 11.6. The van der Waals surface area contributed by atoms with Gasteiger partial charge in [-0.3, -0.25) is 4.79 Å². The van der Waals surface area contributed by atoms with Crippen LogP contribution in [0, 0.1) is 0 Å². The average Bonchev–Trinajstić information content (AvgIpc) is 2.35. The van der Waals surface area contributed by atoms with E-state index in [2.05, 4.69) is 19.2 Å². The molecule has 0 aliphatic carbocycles. The first-order chi connectivity index (χ1) is 8.27. The van der Waals surface area contributed by atoms with E-state index >= 15 is 0 Å². The Bertz CT molecular complexity index is 450. The number of hydrogen-bond donors (Lipinski definition) is 0. The van der Waals surface area contributed by atoms with E-state index in [4.69, 9.17) is 0 Å². The second-order valence-electron chi connectivity index (χ2n) is 4.28. The van der Waals surface area contributed by atoms with E-state index in [0.29, 0.717) is 19.5 Å². The summed E-state index contributed by atoms with van der Waals surface area (Å²) in [6.07, 6.45) is 4.29. The number of carbonyl (C=O) groups is 1. The lowest BCUT2D eigenvalue weighted by atomic mass is 9.87. The van der Waals surface area contributed by atoms with Crippen molar-refractivity contribution in [3.63, 3.8) is 0 Å². The van der Waals surface area contributed by atoms with Crippen LogP contribution in [0.4, 0.5) is 0 Å². The Morgan fingerprint density at radius 3 is 2.76 bits per heavy atom. The molecule has 2 rings (SSSR count). The van der Waals surface area contributed by atoms with E-state index in [1.54, 1.807) is 6.08 Å². The fourth-order valence-electron chi connectivity index (χ4n) is 2.36. The van der Waals surface area contributed by atoms with Gasteiger partial charge in [-0.05, 0) is 17.5 Å². The number of fused-ring (bicyclic) bond motifs is 1. The van der Waals surface area contributed by atoms with Gasteiger partial charge in [-0.1, -0.05) is 36.4 Å². The van der Waals surface area contributed by atoms with Gasteiger partial charge in [0.15, 0.2) is 0 Å². The average molecular weight is 227 g/mol. The highest BCUT2D eigenvalue weighted by molar-refractivity contribution is 5.86. The highest BCUT2D eigenvalue weighted by Gasteiger charge is 2.30. The smallest absolute Gasteiger partial charge is 0.231 e. The summed E-state index contributed by atoms with van der Waals surface area (Å²) >= 11 is 0. The molecule has 2 nitrogen and oxygen atoms in total. The molecule has 1 aromatic carbocycles. The molecule has 0 fully saturated rings. The lowest BCUT2D eigenvalue weighted by molar-refractivity contribution is -0.133. The predicted molar refractivity (Wildman–Crippen MR) is 69.6 cm³/mol. The van der Waals surface area contributed by atoms with Crippen LogP contribution < -0.4 is 0 Å². The van der Waals surface area contributed by atoms with Crippen molar-refractivity contribution in [3.05, 3.63) is 60.7 Å². The fraction of sp³-hybridized carbons (Fsp3) is 0.267. The Kier molecular flexibility index (Phi) is 3.43. The van der Waals surface area contributed by atoms with Crippen molar-refractivity contribution in [3.8, 4) is 0 Å². The van der Waals surface area contributed by atoms with E-state index in [-0.39, 0.29) is 11.8 Å². The van der Waals surface area contributed by atoms with Crippen LogP contribution >= 0.6 is 0 Å². The van der Waals surface area contributed by atoms with Crippen LogP contribution in [0.25, 0.3) is 0 Å². The highest BCUT2D eigenvalue weighted by atomic mass is 16.2. The Balaban J connectivity index is 2.38. The van der Waals surface area contributed by atoms with Crippen LogP contribution in [0.2, 0.25) is 0 Å². The van der Waals surface area contributed by atoms with Crippen LogP contribution in [0.1, 0.15) is 23.5 Å². The minimum absolute atomic E-state index is 0.0719. The zero-order valence-corrected chi connectivity index (χ0v) is 9.93. The largest absolute Gasteiger partial charge is 0.334 e. The summed E-state index contributed by atoms with van der Waals surface area (Å²) in [5, 5.41) is 0. The molecule has 1 atom stereocenters. The first-order valence-corrected chi connectivity index (χ1v) is 5.86. The fourth-order valence-corrected chi connectivity index (χ4v) is 2.36. The second kappa shape index (κ2) is 5.00. The maximum atomic E-state index is 12.3. The SMILES string of the molecule is C=CCC1C(=O)N(CC=C)Cc2ccccc21. The molecule has 2 heteroatoms. The minimum atomic E-state index is -0.0719. The van der Waals surface area contributed by atoms with Crippen LogP contribution in [0.5, 0.6) is 0 Å². The zero-order valence-electron chi connectivity index (χ0n) is 9.93. The molecule has 0 saturated carbocycles. The van der Waals surface area contributed by atoms with Gasteiger partial charge >= 0.3 is 0 Å². The van der Waals surface area contributed by atoms with E-state index in [0.717, 1.165) is 5.56 Å². The molecule has 1 heterocycles. The van der Waals surface area contributed by atoms with Crippen molar-refractivity contribution in [1.29, 1.82) is 0 Å². The lowest BCUT2D eigenvalue weighted by Crippen LogP contribution is -2.39. The zero-order chi connectivity index (χ0) is 12.3. The van der Waals surface area contributed by atoms with Crippen LogP contribution in [0.15, 0.2) is 49.6 Å². The predicted octanol–water partition coefficient (Wildman–Crippen LogP) is 2.87. The quantitative estimate of drug-likeness (QED) is 0.724. The molecule has 0 spiro atoms. The Morgan fingerprint density at radius 1 is 1.29 bits per heavy atom. The van der Waals surface area contributed by atoms with Crippen molar-refractivity contribution in [2.24, 2.45) is 0 Å². The molecule has 0 saturated heterocycles. The summed E-state index contributed by atoms with van der Waals surface area (Å²) in [4.78, 5) is 14.1. The summed E-state index contributed by atoms with van der Waals surface area (Å²) in [7, 11) is 0. The Hall–Kier alpha value is -1.83. The highest BCUT2D eigenvalue weighted by Crippen LogP contribution is 2.31. The summed E-state index contributed by atoms with van der Waals surface area (Å²) in [5.41, 5.74) is 2.39. The lowest BCUT2D eigenvalue weighted by Gasteiger charge is -2.33. The van der Waals surface area contributed by atoms with Crippen LogP contribution in [-0.4, -0.2) is 17.4 Å². The van der Waals surface area contributed by atoms with Gasteiger partial charge in [0, 0.05) is 13.1 Å². The van der Waals surface area contributed by atoms with Gasteiger partial charge in [0.25, 0.3) is 0 Å². The van der Waals surface area contributed by atoms with Crippen LogP contribution in [-0.2, 0) is 11.3 Å². The van der Waals surface area contributed by atoms with E-state index in [9.17, 15) is 4.79 Å². The first-order valence-electron chi connectivity index (χ1n) is 5.86. The molecule has 1 unspecified atom stereocenters. The van der Waals surface area contributed by atoms with Gasteiger partial charge in [-0.25, -0.2) is 0 Å². The monoisotopic (exact) mass is 227 g/mol. The third-order valence-electron chi connectivity index (χ3n) is 3.15. The minimum Gasteiger partial charge on any atom is -0.334 e. The van der Waals surface area contributed by atoms with Crippen molar-refractivity contribution < 1.29 is 4.79 Å². The molecule has 1 aliphatic heterocycles. The number of amides is 1. The number of hydrogen-bond acceptors (Lipinski definition) is 1. The van der Waals surface area contributed by atoms with E-state index in [1.165, 1.54) is 5.56 Å². The number of rotatable bonds is 4. The molecule has 1 aliphatic rings. The van der Waals surface area contributed by atoms with Gasteiger partial charge in [0.2, 0.25) is 5.91 Å². The molecule has 88 valence electrons. The van der Waals surface area contributed by atoms with Crippen LogP contribution in [0.3, 0.4) is 0 Å². The third kappa shape index (κ3) is 2.16. The molecule has 17 heavy (non-hydrogen) atoms. The third-order valence-corrected chi connectivity index (χ3v) is 3.15. The van der Waals surface area contributed by atoms with Crippen molar-refractivity contribution in [2.45, 2.75) is 18.9 Å². The van der Waals surface area contributed by atoms with Crippen molar-refractivity contribution >= 4 is 5.91 Å². The Labute approximate surface area is 102 Å². The molecule has 0 aromatic heterocycles. The van der Waals surface area contributed by atoms with Gasteiger partial charge in [0.1, 0.15) is 0 Å². The van der Waals surface area contributed by atoms with Gasteiger partial charge < -0.3 is 4.90 Å². The number of nitrogens with zero attached hydrogens (tertiary/aromatic N) is 1. The summed E-state index contributed by atoms with van der Waals surface area (Å²) in [6, 6.07) is 8.15. The number of allylic oxidation sites excluding steroid dienone is 1. The second-order valence-corrected chi connectivity index (χ2v) is 4.28. The number of carbonyl (C=O) groups excluding carboxylic acids is 1. The molecule has 0 bridgehead atoms. The summed E-state index contributed by atoms with van der Waals surface area (Å²) < 4.78 is 0. The van der Waals surface area contributed by atoms with E-state index in [1.807, 2.05) is 29.2 Å². The standard InChI is InChI=1S/C15H17NO/c1-3-7-14-13-9-6-5-8-12(13)11-16(10-4-2)15(14)17/h3-6,8-9,14H,1-2,7,10-11H2. The maximum absolute atomic E-state index is 12.3.